The molecule has 0 saturated carbocycles. The Balaban J connectivity index is 1.09. The van der Waals surface area contributed by atoms with Crippen molar-refractivity contribution in [3.63, 3.8) is 0 Å². The molecule has 7 aromatic carbocycles. The second kappa shape index (κ2) is 11.7. The molecule has 47 heavy (non-hydrogen) atoms. The van der Waals surface area contributed by atoms with Crippen molar-refractivity contribution in [3.8, 4) is 32.8 Å². The van der Waals surface area contributed by atoms with Crippen molar-refractivity contribution in [3.05, 3.63) is 170 Å². The number of para-hydroxylation sites is 1. The Morgan fingerprint density at radius 1 is 0.404 bits per heavy atom. The molecule has 0 aliphatic carbocycles. The molecule has 0 saturated heterocycles. The Labute approximate surface area is 281 Å². The van der Waals surface area contributed by atoms with Crippen LogP contribution in [-0.2, 0) is 0 Å². The topological polar surface area (TPSA) is 16.1 Å². The summed E-state index contributed by atoms with van der Waals surface area (Å²) in [4.78, 5) is 7.32. The third kappa shape index (κ3) is 5.08. The average molecular weight is 637 g/mol. The first-order valence-electron chi connectivity index (χ1n) is 15.7. The number of benzene rings is 7. The SMILES string of the molecule is c1ccc(-c2ccc(N(c3ccccc3)c3ccc(-c4cccc5c4sc4cc6nc(-c7ccccc7)sc6cc45)cc3)cc2)cc1. The van der Waals surface area contributed by atoms with Gasteiger partial charge in [0.2, 0.25) is 0 Å². The van der Waals surface area contributed by atoms with E-state index in [1.165, 1.54) is 52.7 Å². The number of rotatable bonds is 6. The predicted molar refractivity (Wildman–Crippen MR) is 203 cm³/mol. The van der Waals surface area contributed by atoms with Crippen molar-refractivity contribution in [2.45, 2.75) is 0 Å². The van der Waals surface area contributed by atoms with Crippen LogP contribution in [-0.4, -0.2) is 4.98 Å². The molecule has 2 aromatic heterocycles. The van der Waals surface area contributed by atoms with Crippen LogP contribution >= 0.6 is 22.7 Å². The fourth-order valence-corrected chi connectivity index (χ4v) is 8.64. The molecule has 0 aliphatic heterocycles. The highest BCUT2D eigenvalue weighted by atomic mass is 32.1. The summed E-state index contributed by atoms with van der Waals surface area (Å²) in [6.45, 7) is 0. The van der Waals surface area contributed by atoms with E-state index in [-0.39, 0.29) is 0 Å². The van der Waals surface area contributed by atoms with E-state index in [2.05, 4.69) is 169 Å². The van der Waals surface area contributed by atoms with Crippen LogP contribution < -0.4 is 4.90 Å². The molecule has 0 radical (unpaired) electrons. The van der Waals surface area contributed by atoms with Gasteiger partial charge >= 0.3 is 0 Å². The molecule has 2 nitrogen and oxygen atoms in total. The zero-order valence-electron chi connectivity index (χ0n) is 25.4. The van der Waals surface area contributed by atoms with Crippen molar-refractivity contribution < 1.29 is 0 Å². The minimum Gasteiger partial charge on any atom is -0.311 e. The minimum absolute atomic E-state index is 1.07. The van der Waals surface area contributed by atoms with Crippen molar-refractivity contribution in [1.82, 2.24) is 4.98 Å². The normalized spacial score (nSPS) is 11.4. The molecule has 0 fully saturated rings. The first-order chi connectivity index (χ1) is 23.3. The highest BCUT2D eigenvalue weighted by molar-refractivity contribution is 7.26. The zero-order chi connectivity index (χ0) is 31.2. The van der Waals surface area contributed by atoms with Crippen LogP contribution in [0.15, 0.2) is 170 Å². The van der Waals surface area contributed by atoms with Gasteiger partial charge in [0.1, 0.15) is 5.01 Å². The Morgan fingerprint density at radius 3 is 1.66 bits per heavy atom. The summed E-state index contributed by atoms with van der Waals surface area (Å²) in [5, 5.41) is 3.67. The maximum Gasteiger partial charge on any atom is 0.124 e. The summed E-state index contributed by atoms with van der Waals surface area (Å²) in [5.41, 5.74) is 10.5. The summed E-state index contributed by atoms with van der Waals surface area (Å²) in [7, 11) is 0. The second-order valence-corrected chi connectivity index (χ2v) is 13.7. The van der Waals surface area contributed by atoms with E-state index < -0.39 is 0 Å². The largest absolute Gasteiger partial charge is 0.311 e. The van der Waals surface area contributed by atoms with Crippen LogP contribution in [0, 0.1) is 0 Å². The fourth-order valence-electron chi connectivity index (χ4n) is 6.40. The number of hydrogen-bond acceptors (Lipinski definition) is 4. The molecule has 0 bridgehead atoms. The smallest absolute Gasteiger partial charge is 0.124 e. The summed E-state index contributed by atoms with van der Waals surface area (Å²) in [6, 6.07) is 60.7. The number of anilines is 3. The lowest BCUT2D eigenvalue weighted by Gasteiger charge is -2.26. The third-order valence-electron chi connectivity index (χ3n) is 8.71. The first-order valence-corrected chi connectivity index (χ1v) is 17.3. The van der Waals surface area contributed by atoms with Gasteiger partial charge in [-0.05, 0) is 70.8 Å². The predicted octanol–water partition coefficient (Wildman–Crippen LogP) is 13.1. The summed E-state index contributed by atoms with van der Waals surface area (Å²) in [6.07, 6.45) is 0. The van der Waals surface area contributed by atoms with Gasteiger partial charge < -0.3 is 4.90 Å². The van der Waals surface area contributed by atoms with Gasteiger partial charge in [-0.3, -0.25) is 0 Å². The Kier molecular flexibility index (Phi) is 6.89. The van der Waals surface area contributed by atoms with Crippen molar-refractivity contribution >= 4 is 70.1 Å². The van der Waals surface area contributed by atoms with E-state index in [9.17, 15) is 0 Å². The van der Waals surface area contributed by atoms with Gasteiger partial charge in [0.25, 0.3) is 0 Å². The minimum atomic E-state index is 1.07. The van der Waals surface area contributed by atoms with E-state index in [1.807, 2.05) is 17.4 Å². The van der Waals surface area contributed by atoms with E-state index in [1.54, 1.807) is 11.3 Å². The molecular formula is C43H28N2S2. The summed E-state index contributed by atoms with van der Waals surface area (Å²) >= 11 is 3.63. The zero-order valence-corrected chi connectivity index (χ0v) is 27.0. The Morgan fingerprint density at radius 2 is 0.979 bits per heavy atom. The second-order valence-electron chi connectivity index (χ2n) is 11.6. The molecule has 0 amide bonds. The highest BCUT2D eigenvalue weighted by Gasteiger charge is 2.16. The lowest BCUT2D eigenvalue weighted by Crippen LogP contribution is -2.09. The molecule has 9 rings (SSSR count). The van der Waals surface area contributed by atoms with E-state index in [0.29, 0.717) is 0 Å². The molecule has 2 heterocycles. The van der Waals surface area contributed by atoms with Gasteiger partial charge in [0, 0.05) is 42.8 Å². The molecular weight excluding hydrogens is 609 g/mol. The molecule has 0 atom stereocenters. The monoisotopic (exact) mass is 636 g/mol. The average Bonchev–Trinajstić information content (AvgIpc) is 3.73. The van der Waals surface area contributed by atoms with E-state index in [0.717, 1.165) is 27.6 Å². The highest BCUT2D eigenvalue weighted by Crippen LogP contribution is 2.44. The van der Waals surface area contributed by atoms with Crippen LogP contribution in [0.5, 0.6) is 0 Å². The Bertz CT molecular complexity index is 2480. The van der Waals surface area contributed by atoms with Gasteiger partial charge in [0.15, 0.2) is 0 Å². The lowest BCUT2D eigenvalue weighted by atomic mass is 10.0. The molecule has 0 unspecified atom stereocenters. The summed E-state index contributed by atoms with van der Waals surface area (Å²) in [5.74, 6) is 0. The van der Waals surface area contributed by atoms with Crippen LogP contribution in [0.2, 0.25) is 0 Å². The van der Waals surface area contributed by atoms with Crippen molar-refractivity contribution in [2.75, 3.05) is 4.90 Å². The van der Waals surface area contributed by atoms with Gasteiger partial charge in [-0.15, -0.1) is 22.7 Å². The Hall–Kier alpha value is -5.55. The maximum atomic E-state index is 5.00. The summed E-state index contributed by atoms with van der Waals surface area (Å²) < 4.78 is 3.81. The number of thiazole rings is 1. The van der Waals surface area contributed by atoms with Crippen LogP contribution in [0.4, 0.5) is 17.1 Å². The quantitative estimate of drug-likeness (QED) is 0.181. The van der Waals surface area contributed by atoms with Crippen molar-refractivity contribution in [2.24, 2.45) is 0 Å². The number of hydrogen-bond donors (Lipinski definition) is 0. The van der Waals surface area contributed by atoms with Crippen LogP contribution in [0.25, 0.3) is 63.2 Å². The molecule has 9 aromatic rings. The van der Waals surface area contributed by atoms with E-state index >= 15 is 0 Å². The number of thiophene rings is 1. The molecule has 4 heteroatoms. The van der Waals surface area contributed by atoms with Crippen LogP contribution in [0.3, 0.4) is 0 Å². The van der Waals surface area contributed by atoms with Gasteiger partial charge in [0.05, 0.1) is 10.2 Å². The maximum absolute atomic E-state index is 5.00. The first kappa shape index (κ1) is 27.7. The molecule has 222 valence electrons. The standard InChI is InChI=1S/C43H28N2S2/c1-4-11-29(12-5-1)30-19-23-34(24-20-30)45(33-15-8-3-9-16-33)35-25-21-31(22-26-35)36-17-10-18-37-38-27-41-39(28-40(38)46-42(36)37)44-43(47-41)32-13-6-2-7-14-32/h1-28H. The lowest BCUT2D eigenvalue weighted by molar-refractivity contribution is 1.28. The van der Waals surface area contributed by atoms with Gasteiger partial charge in [-0.25, -0.2) is 4.98 Å². The molecule has 0 N–H and O–H groups in total. The van der Waals surface area contributed by atoms with Crippen molar-refractivity contribution in [1.29, 1.82) is 0 Å². The van der Waals surface area contributed by atoms with E-state index in [4.69, 9.17) is 4.98 Å². The fraction of sp³-hybridized carbons (Fsp3) is 0. The number of aromatic nitrogens is 1. The molecule has 0 aliphatic rings. The van der Waals surface area contributed by atoms with Gasteiger partial charge in [-0.2, -0.15) is 0 Å². The van der Waals surface area contributed by atoms with Crippen LogP contribution in [0.1, 0.15) is 0 Å². The number of fused-ring (bicyclic) bond motifs is 4. The van der Waals surface area contributed by atoms with Gasteiger partial charge in [-0.1, -0.05) is 121 Å². The number of nitrogens with zero attached hydrogens (tertiary/aromatic N) is 2. The molecule has 0 spiro atoms. The third-order valence-corrected chi connectivity index (χ3v) is 11.0.